The van der Waals surface area contributed by atoms with Gasteiger partial charge in [0.15, 0.2) is 0 Å². The average molecular weight is 550 g/mol. The molecule has 174 valence electrons. The van der Waals surface area contributed by atoms with Crippen molar-refractivity contribution in [2.24, 2.45) is 16.3 Å². The van der Waals surface area contributed by atoms with E-state index in [0.717, 1.165) is 24.8 Å². The summed E-state index contributed by atoms with van der Waals surface area (Å²) in [6, 6.07) is 6.89. The summed E-state index contributed by atoms with van der Waals surface area (Å²) >= 11 is 11.0. The molecule has 2 N–H and O–H groups in total. The Kier molecular flexibility index (Phi) is 7.03. The van der Waals surface area contributed by atoms with Gasteiger partial charge in [-0.05, 0) is 76.4 Å². The fourth-order valence-corrected chi connectivity index (χ4v) is 6.22. The van der Waals surface area contributed by atoms with Crippen molar-refractivity contribution >= 4 is 56.0 Å². The molecule has 0 radical (unpaired) electrons. The Bertz CT molecular complexity index is 1200. The van der Waals surface area contributed by atoms with Crippen molar-refractivity contribution in [3.63, 3.8) is 0 Å². The molecule has 1 aliphatic rings. The van der Waals surface area contributed by atoms with Crippen molar-refractivity contribution in [2.75, 3.05) is 0 Å². The first-order valence-corrected chi connectivity index (χ1v) is 12.8. The maximum atomic E-state index is 13.3. The summed E-state index contributed by atoms with van der Waals surface area (Å²) in [7, 11) is 0. The Morgan fingerprint density at radius 1 is 1.42 bits per heavy atom. The number of benzene rings is 1. The van der Waals surface area contributed by atoms with E-state index >= 15 is 0 Å². The van der Waals surface area contributed by atoms with E-state index < -0.39 is 0 Å². The molecule has 2 aromatic heterocycles. The zero-order chi connectivity index (χ0) is 23.8. The van der Waals surface area contributed by atoms with Crippen LogP contribution in [0, 0.1) is 11.3 Å². The number of aromatic hydroxyl groups is 1. The molecule has 8 heteroatoms. The largest absolute Gasteiger partial charge is 0.506 e. The van der Waals surface area contributed by atoms with Crippen LogP contribution < -0.4 is 5.32 Å². The second kappa shape index (κ2) is 9.65. The van der Waals surface area contributed by atoms with Crippen molar-refractivity contribution in [3.8, 4) is 5.75 Å². The predicted octanol–water partition coefficient (Wildman–Crippen LogP) is 7.29. The highest BCUT2D eigenvalue weighted by Crippen LogP contribution is 2.45. The number of aliphatic imine (C=N–C) groups is 1. The number of nitrogens with zero attached hydrogens (tertiary/aromatic N) is 1. The van der Waals surface area contributed by atoms with Crippen LogP contribution in [0.1, 0.15) is 59.3 Å². The van der Waals surface area contributed by atoms with E-state index in [1.165, 1.54) is 4.88 Å². The topological polar surface area (TPSA) is 74.8 Å². The zero-order valence-corrected chi connectivity index (χ0v) is 21.9. The van der Waals surface area contributed by atoms with Crippen molar-refractivity contribution in [1.82, 2.24) is 5.32 Å². The van der Waals surface area contributed by atoms with E-state index in [1.54, 1.807) is 42.0 Å². The third-order valence-electron chi connectivity index (χ3n) is 6.08. The highest BCUT2D eigenvalue weighted by atomic mass is 79.9. The number of hydrogen-bond donors (Lipinski definition) is 2. The molecule has 1 amide bonds. The lowest BCUT2D eigenvalue weighted by atomic mass is 9.72. The molecule has 0 fully saturated rings. The molecular weight excluding hydrogens is 524 g/mol. The minimum absolute atomic E-state index is 0.0566. The standard InChI is InChI=1S/C25H26BrClN2O3S/c1-25(2,3)15-6-7-18-20(10-15)33-24(21(18)23(31)28-13-17-5-4-8-32-17)29-12-14-9-16(27)11-19(26)22(14)30/h4-5,8-9,11-12,15,30H,6-7,10,13H2,1-3H3,(H,28,31)/t15-/m1/s1. The Balaban J connectivity index is 1.69. The van der Waals surface area contributed by atoms with Crippen molar-refractivity contribution < 1.29 is 14.3 Å². The zero-order valence-electron chi connectivity index (χ0n) is 18.7. The number of carbonyl (C=O) groups is 1. The van der Waals surface area contributed by atoms with Crippen LogP contribution in [0.4, 0.5) is 5.00 Å². The van der Waals surface area contributed by atoms with Gasteiger partial charge in [-0.1, -0.05) is 32.4 Å². The first kappa shape index (κ1) is 24.0. The van der Waals surface area contributed by atoms with Gasteiger partial charge in [0.05, 0.1) is 22.8 Å². The molecule has 0 unspecified atom stereocenters. The number of phenolic OH excluding ortho intramolecular Hbond substituents is 1. The number of rotatable bonds is 5. The first-order valence-electron chi connectivity index (χ1n) is 10.8. The monoisotopic (exact) mass is 548 g/mol. The molecule has 2 heterocycles. The molecule has 0 spiro atoms. The fraction of sp³-hybridized carbons (Fsp3) is 0.360. The van der Waals surface area contributed by atoms with Crippen LogP contribution in [0.2, 0.25) is 5.02 Å². The van der Waals surface area contributed by atoms with Gasteiger partial charge in [0.25, 0.3) is 5.91 Å². The average Bonchev–Trinajstić information content (AvgIpc) is 3.39. The van der Waals surface area contributed by atoms with E-state index in [4.69, 9.17) is 16.0 Å². The maximum absolute atomic E-state index is 13.3. The third kappa shape index (κ3) is 5.36. The van der Waals surface area contributed by atoms with E-state index in [2.05, 4.69) is 47.0 Å². The van der Waals surface area contributed by atoms with Gasteiger partial charge < -0.3 is 14.8 Å². The van der Waals surface area contributed by atoms with Crippen LogP contribution in [0.15, 0.2) is 44.4 Å². The minimum Gasteiger partial charge on any atom is -0.506 e. The summed E-state index contributed by atoms with van der Waals surface area (Å²) in [5, 5.41) is 14.5. The van der Waals surface area contributed by atoms with Gasteiger partial charge in [0, 0.05) is 21.7 Å². The minimum atomic E-state index is -0.165. The number of nitrogens with one attached hydrogen (secondary N) is 1. The van der Waals surface area contributed by atoms with Crippen molar-refractivity contribution in [3.05, 3.63) is 67.4 Å². The van der Waals surface area contributed by atoms with Crippen LogP contribution in [-0.4, -0.2) is 17.2 Å². The first-order chi connectivity index (χ1) is 15.6. The number of fused-ring (bicyclic) bond motifs is 1. The lowest BCUT2D eigenvalue weighted by Gasteiger charge is -2.33. The summed E-state index contributed by atoms with van der Waals surface area (Å²) in [5.74, 6) is 1.13. The summed E-state index contributed by atoms with van der Waals surface area (Å²) in [5.41, 5.74) is 2.38. The van der Waals surface area contributed by atoms with E-state index in [1.807, 2.05) is 6.07 Å². The second-order valence-electron chi connectivity index (χ2n) is 9.34. The van der Waals surface area contributed by atoms with Crippen LogP contribution in [0.3, 0.4) is 0 Å². The van der Waals surface area contributed by atoms with Gasteiger partial charge in [-0.3, -0.25) is 4.79 Å². The molecule has 0 saturated heterocycles. The number of halogens is 2. The SMILES string of the molecule is CC(C)(C)[C@@H]1CCc2c(sc(N=Cc3cc(Cl)cc(Br)c3O)c2C(=O)NCc2ccco2)C1. The van der Waals surface area contributed by atoms with E-state index in [9.17, 15) is 9.90 Å². The quantitative estimate of drug-likeness (QED) is 0.328. The predicted molar refractivity (Wildman–Crippen MR) is 137 cm³/mol. The summed E-state index contributed by atoms with van der Waals surface area (Å²) < 4.78 is 5.84. The number of phenols is 1. The highest BCUT2D eigenvalue weighted by Gasteiger charge is 2.33. The number of hydrogen-bond acceptors (Lipinski definition) is 5. The summed E-state index contributed by atoms with van der Waals surface area (Å²) in [4.78, 5) is 19.1. The number of carbonyl (C=O) groups excluding carboxylic acids is 1. The van der Waals surface area contributed by atoms with E-state index in [0.29, 0.717) is 43.8 Å². The normalized spacial score (nSPS) is 16.2. The van der Waals surface area contributed by atoms with Crippen molar-refractivity contribution in [1.29, 1.82) is 0 Å². The molecule has 33 heavy (non-hydrogen) atoms. The van der Waals surface area contributed by atoms with Crippen LogP contribution >= 0.6 is 38.9 Å². The molecule has 1 aromatic carbocycles. The second-order valence-corrected chi connectivity index (χ2v) is 11.7. The van der Waals surface area contributed by atoms with E-state index in [-0.39, 0.29) is 17.1 Å². The Hall–Kier alpha value is -2.09. The molecule has 5 nitrogen and oxygen atoms in total. The van der Waals surface area contributed by atoms with Gasteiger partial charge in [0.1, 0.15) is 16.5 Å². The molecule has 0 bridgehead atoms. The molecule has 1 aliphatic carbocycles. The van der Waals surface area contributed by atoms with Gasteiger partial charge in [-0.15, -0.1) is 11.3 Å². The van der Waals surface area contributed by atoms with Gasteiger partial charge in [-0.25, -0.2) is 4.99 Å². The Morgan fingerprint density at radius 2 is 2.21 bits per heavy atom. The molecule has 1 atom stereocenters. The highest BCUT2D eigenvalue weighted by molar-refractivity contribution is 9.10. The van der Waals surface area contributed by atoms with Gasteiger partial charge in [-0.2, -0.15) is 0 Å². The van der Waals surface area contributed by atoms with Crippen LogP contribution in [-0.2, 0) is 19.4 Å². The third-order valence-corrected chi connectivity index (χ3v) is 8.07. The fourth-order valence-electron chi connectivity index (χ4n) is 4.12. The number of thiophene rings is 1. The van der Waals surface area contributed by atoms with Crippen molar-refractivity contribution in [2.45, 2.75) is 46.6 Å². The van der Waals surface area contributed by atoms with Gasteiger partial charge in [0.2, 0.25) is 0 Å². The molecular formula is C25H26BrClN2O3S. The molecule has 4 rings (SSSR count). The number of furan rings is 1. The van der Waals surface area contributed by atoms with Gasteiger partial charge >= 0.3 is 0 Å². The lowest BCUT2D eigenvalue weighted by molar-refractivity contribution is 0.0947. The lowest BCUT2D eigenvalue weighted by Crippen LogP contribution is -2.28. The molecule has 0 aliphatic heterocycles. The maximum Gasteiger partial charge on any atom is 0.255 e. The van der Waals surface area contributed by atoms with Crippen LogP contribution in [0.5, 0.6) is 5.75 Å². The number of amides is 1. The summed E-state index contributed by atoms with van der Waals surface area (Å²) in [6.07, 6.45) is 5.97. The smallest absolute Gasteiger partial charge is 0.255 e. The molecule has 3 aromatic rings. The Labute approximate surface area is 211 Å². The Morgan fingerprint density at radius 3 is 2.91 bits per heavy atom. The van der Waals surface area contributed by atoms with Crippen LogP contribution in [0.25, 0.3) is 0 Å². The molecule has 0 saturated carbocycles. The summed E-state index contributed by atoms with van der Waals surface area (Å²) in [6.45, 7) is 7.12.